The van der Waals surface area contributed by atoms with Crippen molar-refractivity contribution in [3.63, 3.8) is 0 Å². The van der Waals surface area contributed by atoms with Gasteiger partial charge in [0.2, 0.25) is 11.8 Å². The number of hydrogen-bond donors (Lipinski definition) is 1. The number of carbonyl (C=O) groups is 2. The maximum absolute atomic E-state index is 13.5. The van der Waals surface area contributed by atoms with Gasteiger partial charge in [0.05, 0.1) is 0 Å². The molecule has 0 bridgehead atoms. The van der Waals surface area contributed by atoms with Gasteiger partial charge in [0.1, 0.15) is 11.6 Å². The summed E-state index contributed by atoms with van der Waals surface area (Å²) >= 11 is 0. The molecule has 5 nitrogen and oxygen atoms in total. The van der Waals surface area contributed by atoms with E-state index in [0.717, 1.165) is 38.9 Å². The van der Waals surface area contributed by atoms with Gasteiger partial charge in [-0.2, -0.15) is 0 Å². The molecule has 2 aliphatic rings. The lowest BCUT2D eigenvalue weighted by molar-refractivity contribution is -0.163. The molecule has 3 rings (SSSR count). The zero-order valence-electron chi connectivity index (χ0n) is 22.2. The number of carbonyl (C=O) groups excluding carboxylic acids is 2. The standard InChI is InChI=1S/C29H47N3O2/c1-23(2)21-25-26(33)32(22-28(3,4)5)29(27(34)30-25)16-19-31(20-17-29)18-12-7-6-9-13-24-14-10-8-11-15-24/h8,10-11,14-15,23,25H,6-7,9,12-13,16-22H2,1-5H3,(H,30,34)/t25-/m0/s1. The number of nitrogens with zero attached hydrogens (tertiary/aromatic N) is 2. The first-order valence-electron chi connectivity index (χ1n) is 13.5. The summed E-state index contributed by atoms with van der Waals surface area (Å²) in [6.07, 6.45) is 8.31. The highest BCUT2D eigenvalue weighted by atomic mass is 16.2. The Morgan fingerprint density at radius 3 is 2.26 bits per heavy atom. The predicted octanol–water partition coefficient (Wildman–Crippen LogP) is 5.04. The van der Waals surface area contributed by atoms with Gasteiger partial charge in [-0.05, 0) is 62.0 Å². The lowest BCUT2D eigenvalue weighted by Crippen LogP contribution is -2.73. The van der Waals surface area contributed by atoms with E-state index in [0.29, 0.717) is 18.9 Å². The number of hydrogen-bond acceptors (Lipinski definition) is 3. The van der Waals surface area contributed by atoms with Crippen LogP contribution in [0.3, 0.4) is 0 Å². The maximum Gasteiger partial charge on any atom is 0.246 e. The number of aryl methyl sites for hydroxylation is 1. The molecule has 1 aromatic rings. The molecular weight excluding hydrogens is 422 g/mol. The Morgan fingerprint density at radius 2 is 1.65 bits per heavy atom. The van der Waals surface area contributed by atoms with E-state index in [1.165, 1.54) is 31.2 Å². The van der Waals surface area contributed by atoms with Crippen LogP contribution in [-0.2, 0) is 16.0 Å². The highest BCUT2D eigenvalue weighted by molar-refractivity contribution is 6.00. The number of amides is 2. The minimum atomic E-state index is -0.677. The van der Waals surface area contributed by atoms with Gasteiger partial charge in [-0.1, -0.05) is 77.8 Å². The van der Waals surface area contributed by atoms with Crippen molar-refractivity contribution < 1.29 is 9.59 Å². The summed E-state index contributed by atoms with van der Waals surface area (Å²) in [5, 5.41) is 3.12. The molecule has 2 aliphatic heterocycles. The van der Waals surface area contributed by atoms with Gasteiger partial charge in [-0.3, -0.25) is 9.59 Å². The summed E-state index contributed by atoms with van der Waals surface area (Å²) in [6.45, 7) is 14.2. The lowest BCUT2D eigenvalue weighted by atomic mass is 9.79. The average molecular weight is 470 g/mol. The Hall–Kier alpha value is -1.88. The minimum absolute atomic E-state index is 0.0421. The third-order valence-corrected chi connectivity index (χ3v) is 7.36. The van der Waals surface area contributed by atoms with Crippen LogP contribution in [-0.4, -0.2) is 59.4 Å². The van der Waals surface area contributed by atoms with E-state index in [9.17, 15) is 9.59 Å². The molecule has 1 spiro atoms. The number of unbranched alkanes of at least 4 members (excludes halogenated alkanes) is 3. The van der Waals surface area contributed by atoms with Gasteiger partial charge in [0.15, 0.2) is 0 Å². The van der Waals surface area contributed by atoms with E-state index in [-0.39, 0.29) is 23.3 Å². The molecular formula is C29H47N3O2. The number of piperidine rings is 1. The Kier molecular flexibility index (Phi) is 9.20. The van der Waals surface area contributed by atoms with Gasteiger partial charge >= 0.3 is 0 Å². The Labute approximate surface area is 207 Å². The van der Waals surface area contributed by atoms with E-state index in [4.69, 9.17) is 0 Å². The van der Waals surface area contributed by atoms with Gasteiger partial charge in [-0.15, -0.1) is 0 Å². The summed E-state index contributed by atoms with van der Waals surface area (Å²) in [4.78, 5) is 31.4. The van der Waals surface area contributed by atoms with Crippen molar-refractivity contribution in [3.8, 4) is 0 Å². The minimum Gasteiger partial charge on any atom is -0.342 e. The summed E-state index contributed by atoms with van der Waals surface area (Å²) in [7, 11) is 0. The molecule has 0 saturated carbocycles. The van der Waals surface area contributed by atoms with E-state index >= 15 is 0 Å². The van der Waals surface area contributed by atoms with Crippen LogP contribution < -0.4 is 5.32 Å². The molecule has 1 atom stereocenters. The first kappa shape index (κ1) is 26.7. The fourth-order valence-electron chi connectivity index (χ4n) is 5.52. The van der Waals surface area contributed by atoms with Crippen LogP contribution in [0.2, 0.25) is 0 Å². The number of rotatable bonds is 10. The summed E-state index contributed by atoms with van der Waals surface area (Å²) in [6, 6.07) is 10.4. The third-order valence-electron chi connectivity index (χ3n) is 7.36. The van der Waals surface area contributed by atoms with Crippen LogP contribution in [0.15, 0.2) is 30.3 Å². The molecule has 0 aliphatic carbocycles. The van der Waals surface area contributed by atoms with Crippen molar-refractivity contribution in [2.24, 2.45) is 11.3 Å². The fraction of sp³-hybridized carbons (Fsp3) is 0.724. The average Bonchev–Trinajstić information content (AvgIpc) is 2.78. The van der Waals surface area contributed by atoms with Crippen LogP contribution in [0.25, 0.3) is 0 Å². The molecule has 1 N–H and O–H groups in total. The maximum atomic E-state index is 13.5. The molecule has 190 valence electrons. The van der Waals surface area contributed by atoms with Gasteiger partial charge in [0.25, 0.3) is 0 Å². The van der Waals surface area contributed by atoms with E-state index < -0.39 is 5.54 Å². The third kappa shape index (κ3) is 7.07. The predicted molar refractivity (Wildman–Crippen MR) is 140 cm³/mol. The van der Waals surface area contributed by atoms with Crippen LogP contribution in [0.5, 0.6) is 0 Å². The highest BCUT2D eigenvalue weighted by Crippen LogP contribution is 2.36. The summed E-state index contributed by atoms with van der Waals surface area (Å²) in [5.41, 5.74) is 0.711. The molecule has 2 saturated heterocycles. The quantitative estimate of drug-likeness (QED) is 0.488. The second-order valence-electron chi connectivity index (χ2n) is 12.2. The topological polar surface area (TPSA) is 52.7 Å². The smallest absolute Gasteiger partial charge is 0.246 e. The van der Waals surface area contributed by atoms with Crippen molar-refractivity contribution in [2.75, 3.05) is 26.2 Å². The van der Waals surface area contributed by atoms with Crippen LogP contribution in [0, 0.1) is 11.3 Å². The van der Waals surface area contributed by atoms with E-state index in [1.807, 2.05) is 4.90 Å². The second-order valence-corrected chi connectivity index (χ2v) is 12.2. The molecule has 0 aromatic heterocycles. The van der Waals surface area contributed by atoms with Gasteiger partial charge in [0, 0.05) is 19.6 Å². The number of likely N-dealkylation sites (tertiary alicyclic amines) is 1. The molecule has 0 radical (unpaired) electrons. The summed E-state index contributed by atoms with van der Waals surface area (Å²) < 4.78 is 0. The molecule has 2 heterocycles. The van der Waals surface area contributed by atoms with Gasteiger partial charge in [-0.25, -0.2) is 0 Å². The fourth-order valence-corrected chi connectivity index (χ4v) is 5.52. The molecule has 1 aromatic carbocycles. The first-order valence-corrected chi connectivity index (χ1v) is 13.5. The molecule has 34 heavy (non-hydrogen) atoms. The SMILES string of the molecule is CC(C)C[C@@H]1NC(=O)C2(CCN(CCCCCCc3ccccc3)CC2)N(CC(C)(C)C)C1=O. The number of nitrogens with one attached hydrogen (secondary N) is 1. The Balaban J connectivity index is 1.50. The summed E-state index contributed by atoms with van der Waals surface area (Å²) in [5.74, 6) is 0.562. The Bertz CT molecular complexity index is 791. The highest BCUT2D eigenvalue weighted by Gasteiger charge is 2.54. The van der Waals surface area contributed by atoms with E-state index in [1.54, 1.807) is 0 Å². The zero-order valence-corrected chi connectivity index (χ0v) is 22.2. The van der Waals surface area contributed by atoms with Crippen LogP contribution in [0.1, 0.15) is 85.1 Å². The van der Waals surface area contributed by atoms with Crippen molar-refractivity contribution >= 4 is 11.8 Å². The first-order chi connectivity index (χ1) is 16.1. The molecule has 0 unspecified atom stereocenters. The molecule has 2 fully saturated rings. The van der Waals surface area contributed by atoms with E-state index in [2.05, 4.69) is 75.2 Å². The molecule has 2 amide bonds. The zero-order chi connectivity index (χ0) is 24.8. The van der Waals surface area contributed by atoms with Gasteiger partial charge < -0.3 is 15.1 Å². The lowest BCUT2D eigenvalue weighted by Gasteiger charge is -2.53. The van der Waals surface area contributed by atoms with Crippen molar-refractivity contribution in [1.82, 2.24) is 15.1 Å². The normalized spacial score (nSPS) is 21.4. The van der Waals surface area contributed by atoms with Crippen LogP contribution in [0.4, 0.5) is 0 Å². The van der Waals surface area contributed by atoms with Crippen LogP contribution >= 0.6 is 0 Å². The monoisotopic (exact) mass is 469 g/mol. The molecule has 5 heteroatoms. The van der Waals surface area contributed by atoms with Crippen molar-refractivity contribution in [1.29, 1.82) is 0 Å². The Morgan fingerprint density at radius 1 is 1.00 bits per heavy atom. The second kappa shape index (κ2) is 11.7. The van der Waals surface area contributed by atoms with Crippen molar-refractivity contribution in [3.05, 3.63) is 35.9 Å². The number of piperazine rings is 1. The number of benzene rings is 1. The largest absolute Gasteiger partial charge is 0.342 e. The van der Waals surface area contributed by atoms with Crippen molar-refractivity contribution in [2.45, 2.75) is 97.6 Å².